The highest BCUT2D eigenvalue weighted by Gasteiger charge is 2.37. The molecule has 0 spiro atoms. The summed E-state index contributed by atoms with van der Waals surface area (Å²) in [5.41, 5.74) is 10.1. The summed E-state index contributed by atoms with van der Waals surface area (Å²) in [6.45, 7) is 8.53. The monoisotopic (exact) mass is 412 g/mol. The van der Waals surface area contributed by atoms with Crippen molar-refractivity contribution in [2.45, 2.75) is 33.1 Å². The Labute approximate surface area is 183 Å². The molecular weight excluding hydrogens is 384 g/mol. The summed E-state index contributed by atoms with van der Waals surface area (Å²) in [5, 5.41) is 4.14. The van der Waals surface area contributed by atoms with Gasteiger partial charge in [0.25, 0.3) is 5.91 Å². The number of allylic oxidation sites excluding steroid dienone is 2. The molecule has 0 saturated heterocycles. The minimum Gasteiger partial charge on any atom is -0.347 e. The Kier molecular flexibility index (Phi) is 5.27. The van der Waals surface area contributed by atoms with E-state index in [1.54, 1.807) is 6.21 Å². The molecule has 5 nitrogen and oxygen atoms in total. The van der Waals surface area contributed by atoms with Crippen LogP contribution in [0.5, 0.6) is 0 Å². The molecule has 1 amide bonds. The average molecular weight is 413 g/mol. The van der Waals surface area contributed by atoms with Crippen molar-refractivity contribution in [3.8, 4) is 5.69 Å². The van der Waals surface area contributed by atoms with Gasteiger partial charge in [-0.15, -0.1) is 0 Å². The zero-order chi connectivity index (χ0) is 22.2. The number of likely N-dealkylation sites (N-methyl/N-ethyl adjacent to an activating group) is 1. The number of benzene rings is 2. The van der Waals surface area contributed by atoms with E-state index in [1.807, 2.05) is 36.4 Å². The Bertz CT molecular complexity index is 1160. The van der Waals surface area contributed by atoms with Crippen LogP contribution in [-0.2, 0) is 5.41 Å². The minimum atomic E-state index is -0.232. The maximum absolute atomic E-state index is 12.5. The molecule has 0 unspecified atom stereocenters. The summed E-state index contributed by atoms with van der Waals surface area (Å²) < 4.78 is 2.16. The smallest absolute Gasteiger partial charge is 0.271 e. The van der Waals surface area contributed by atoms with E-state index in [4.69, 9.17) is 0 Å². The summed E-state index contributed by atoms with van der Waals surface area (Å²) >= 11 is 0. The van der Waals surface area contributed by atoms with Gasteiger partial charge in [0.2, 0.25) is 0 Å². The largest absolute Gasteiger partial charge is 0.347 e. The van der Waals surface area contributed by atoms with E-state index in [9.17, 15) is 4.79 Å². The summed E-state index contributed by atoms with van der Waals surface area (Å²) in [7, 11) is 2.06. The van der Waals surface area contributed by atoms with Crippen LogP contribution in [0.2, 0.25) is 0 Å². The number of fused-ring (bicyclic) bond motifs is 1. The van der Waals surface area contributed by atoms with Crippen LogP contribution in [0.1, 0.15) is 41.2 Å². The fourth-order valence-electron chi connectivity index (χ4n) is 4.41. The van der Waals surface area contributed by atoms with Crippen LogP contribution in [-0.4, -0.2) is 23.7 Å². The molecule has 2 aromatic carbocycles. The van der Waals surface area contributed by atoms with Crippen LogP contribution >= 0.6 is 0 Å². The molecule has 0 fully saturated rings. The van der Waals surface area contributed by atoms with Gasteiger partial charge in [0.15, 0.2) is 0 Å². The van der Waals surface area contributed by atoms with Crippen LogP contribution < -0.4 is 10.3 Å². The summed E-state index contributed by atoms with van der Waals surface area (Å²) in [6.07, 6.45) is 3.61. The second kappa shape index (κ2) is 7.91. The number of rotatable bonds is 4. The van der Waals surface area contributed by atoms with Gasteiger partial charge in [-0.3, -0.25) is 4.79 Å². The molecule has 0 atom stereocenters. The topological polar surface area (TPSA) is 49.6 Å². The second-order valence-electron chi connectivity index (χ2n) is 8.47. The molecule has 3 aromatic rings. The van der Waals surface area contributed by atoms with Gasteiger partial charge in [-0.25, -0.2) is 5.43 Å². The Morgan fingerprint density at radius 1 is 0.968 bits per heavy atom. The summed E-state index contributed by atoms with van der Waals surface area (Å²) in [5.74, 6) is -0.232. The zero-order valence-electron chi connectivity index (χ0n) is 18.7. The molecule has 1 aliphatic heterocycles. The van der Waals surface area contributed by atoms with Crippen molar-refractivity contribution in [3.05, 3.63) is 95.0 Å². The molecule has 0 bridgehead atoms. The Morgan fingerprint density at radius 3 is 2.26 bits per heavy atom. The van der Waals surface area contributed by atoms with E-state index >= 15 is 0 Å². The van der Waals surface area contributed by atoms with E-state index in [0.717, 1.165) is 22.8 Å². The van der Waals surface area contributed by atoms with Crippen molar-refractivity contribution in [1.29, 1.82) is 0 Å². The predicted octanol–water partition coefficient (Wildman–Crippen LogP) is 5.12. The average Bonchev–Trinajstić information content (AvgIpc) is 3.19. The fourth-order valence-corrected chi connectivity index (χ4v) is 4.41. The quantitative estimate of drug-likeness (QED) is 0.478. The highest BCUT2D eigenvalue weighted by Crippen LogP contribution is 2.46. The lowest BCUT2D eigenvalue weighted by atomic mass is 9.84. The van der Waals surface area contributed by atoms with Gasteiger partial charge in [0.1, 0.15) is 0 Å². The van der Waals surface area contributed by atoms with Crippen molar-refractivity contribution < 1.29 is 4.79 Å². The third-order valence-corrected chi connectivity index (χ3v) is 6.07. The Hall–Kier alpha value is -3.60. The van der Waals surface area contributed by atoms with Crippen molar-refractivity contribution in [1.82, 2.24) is 9.99 Å². The van der Waals surface area contributed by atoms with Crippen molar-refractivity contribution >= 4 is 17.8 Å². The molecule has 0 saturated carbocycles. The van der Waals surface area contributed by atoms with Crippen molar-refractivity contribution in [2.24, 2.45) is 5.10 Å². The first-order chi connectivity index (χ1) is 14.8. The minimum absolute atomic E-state index is 0.119. The molecule has 1 aliphatic rings. The lowest BCUT2D eigenvalue weighted by molar-refractivity contribution is 0.0955. The first kappa shape index (κ1) is 20.7. The van der Waals surface area contributed by atoms with E-state index in [0.29, 0.717) is 5.56 Å². The fraction of sp³-hybridized carbons (Fsp3) is 0.231. The molecule has 158 valence electrons. The number of hydrazone groups is 1. The molecule has 0 radical (unpaired) electrons. The van der Waals surface area contributed by atoms with E-state index in [-0.39, 0.29) is 11.3 Å². The van der Waals surface area contributed by atoms with E-state index in [1.165, 1.54) is 11.3 Å². The number of para-hydroxylation sites is 1. The second-order valence-corrected chi connectivity index (χ2v) is 8.47. The highest BCUT2D eigenvalue weighted by atomic mass is 16.2. The number of carbonyl (C=O) groups excluding carboxylic acids is 1. The van der Waals surface area contributed by atoms with Crippen LogP contribution in [0.3, 0.4) is 0 Å². The van der Waals surface area contributed by atoms with E-state index < -0.39 is 0 Å². The third kappa shape index (κ3) is 3.67. The van der Waals surface area contributed by atoms with Gasteiger partial charge in [-0.1, -0.05) is 32.0 Å². The Balaban J connectivity index is 1.45. The molecule has 2 heterocycles. The number of nitrogens with one attached hydrogen (secondary N) is 1. The summed E-state index contributed by atoms with van der Waals surface area (Å²) in [6, 6.07) is 20.1. The zero-order valence-corrected chi connectivity index (χ0v) is 18.7. The standard InChI is InChI=1S/C26H28N4O/c1-18-10-11-19(2)30(18)21-14-12-20(13-15-21)25(31)28-27-17-16-24-26(3,4)22-8-6-7-9-23(22)29(24)5/h6-17H,1-5H3,(H,28,31)/b24-16-,27-17-. The van der Waals surface area contributed by atoms with E-state index in [2.05, 4.69) is 85.1 Å². The molecule has 5 heteroatoms. The molecule has 4 rings (SSSR count). The van der Waals surface area contributed by atoms with Gasteiger partial charge in [0.05, 0.1) is 0 Å². The molecule has 1 aromatic heterocycles. The number of aromatic nitrogens is 1. The first-order valence-corrected chi connectivity index (χ1v) is 10.4. The molecular formula is C26H28N4O. The predicted molar refractivity (Wildman–Crippen MR) is 127 cm³/mol. The van der Waals surface area contributed by atoms with Crippen LogP contribution in [0.15, 0.2) is 77.5 Å². The van der Waals surface area contributed by atoms with Gasteiger partial charge in [0, 0.05) is 52.7 Å². The number of amides is 1. The normalized spacial score (nSPS) is 16.2. The molecule has 31 heavy (non-hydrogen) atoms. The SMILES string of the molecule is Cc1ccc(C)n1-c1ccc(C(=O)N/N=C\C=C2/N(C)c3ccccc3C2(C)C)cc1. The number of hydrogen-bond donors (Lipinski definition) is 1. The number of carbonyl (C=O) groups is 1. The van der Waals surface area contributed by atoms with Gasteiger partial charge in [-0.2, -0.15) is 5.10 Å². The maximum Gasteiger partial charge on any atom is 0.271 e. The van der Waals surface area contributed by atoms with Gasteiger partial charge in [-0.05, 0) is 68.0 Å². The first-order valence-electron chi connectivity index (χ1n) is 10.4. The highest BCUT2D eigenvalue weighted by molar-refractivity contribution is 5.94. The Morgan fingerprint density at radius 2 is 1.61 bits per heavy atom. The van der Waals surface area contributed by atoms with Crippen molar-refractivity contribution in [3.63, 3.8) is 0 Å². The van der Waals surface area contributed by atoms with Crippen LogP contribution in [0.25, 0.3) is 5.69 Å². The van der Waals surface area contributed by atoms with Crippen LogP contribution in [0.4, 0.5) is 5.69 Å². The van der Waals surface area contributed by atoms with Gasteiger partial charge >= 0.3 is 0 Å². The third-order valence-electron chi connectivity index (χ3n) is 6.07. The number of aryl methyl sites for hydroxylation is 2. The van der Waals surface area contributed by atoms with Crippen molar-refractivity contribution in [2.75, 3.05) is 11.9 Å². The summed E-state index contributed by atoms with van der Waals surface area (Å²) in [4.78, 5) is 14.7. The lowest BCUT2D eigenvalue weighted by Gasteiger charge is -2.23. The number of nitrogens with zero attached hydrogens (tertiary/aromatic N) is 3. The van der Waals surface area contributed by atoms with Crippen LogP contribution in [0, 0.1) is 13.8 Å². The molecule has 1 N–H and O–H groups in total. The molecule has 0 aliphatic carbocycles. The van der Waals surface area contributed by atoms with Gasteiger partial charge < -0.3 is 9.47 Å². The number of anilines is 1. The lowest BCUT2D eigenvalue weighted by Crippen LogP contribution is -2.23. The maximum atomic E-state index is 12.5. The number of hydrogen-bond acceptors (Lipinski definition) is 3.